The SMILES string of the molecule is COCC[C@H](C(=O)Nc1ccc2[nH]c(C(=O)OCC3=C(C)OC(O)O3)cc2c1)n1cc(OC)c(-c2cc(Cl)ccc2C(C)=O)cc1=O. The summed E-state index contributed by atoms with van der Waals surface area (Å²) >= 11 is 6.22. The van der Waals surface area contributed by atoms with Crippen LogP contribution in [0.3, 0.4) is 0 Å². The summed E-state index contributed by atoms with van der Waals surface area (Å²) in [6.07, 6.45) is 1.58. The molecular formula is C33H32ClN3O10. The topological polar surface area (TPSA) is 167 Å². The molecule has 0 radical (unpaired) electrons. The molecule has 14 heteroatoms. The molecule has 2 aromatic heterocycles. The van der Waals surface area contributed by atoms with Gasteiger partial charge in [0.1, 0.15) is 23.2 Å². The van der Waals surface area contributed by atoms with Crippen LogP contribution in [-0.4, -0.2) is 66.2 Å². The van der Waals surface area contributed by atoms with E-state index in [0.29, 0.717) is 44.1 Å². The lowest BCUT2D eigenvalue weighted by atomic mass is 9.97. The van der Waals surface area contributed by atoms with Gasteiger partial charge in [0.2, 0.25) is 5.91 Å². The van der Waals surface area contributed by atoms with Gasteiger partial charge < -0.3 is 39.1 Å². The summed E-state index contributed by atoms with van der Waals surface area (Å²) in [5, 5.41) is 13.2. The Hall–Kier alpha value is -5.11. The number of amides is 1. The minimum absolute atomic E-state index is 0.157. The van der Waals surface area contributed by atoms with Crippen LogP contribution in [0.5, 0.6) is 5.75 Å². The average Bonchev–Trinajstić information content (AvgIpc) is 3.61. The number of nitrogens with one attached hydrogen (secondary N) is 2. The number of aromatic nitrogens is 2. The van der Waals surface area contributed by atoms with Gasteiger partial charge in [-0.15, -0.1) is 0 Å². The number of aliphatic hydroxyl groups is 1. The van der Waals surface area contributed by atoms with Crippen LogP contribution >= 0.6 is 11.6 Å². The van der Waals surface area contributed by atoms with Gasteiger partial charge in [-0.1, -0.05) is 11.6 Å². The van der Waals surface area contributed by atoms with Gasteiger partial charge in [0.05, 0.1) is 13.3 Å². The molecular weight excluding hydrogens is 634 g/mol. The normalized spacial score (nSPS) is 14.8. The lowest BCUT2D eigenvalue weighted by molar-refractivity contribution is -0.194. The number of ketones is 1. The highest BCUT2D eigenvalue weighted by Crippen LogP contribution is 2.34. The molecule has 1 unspecified atom stereocenters. The summed E-state index contributed by atoms with van der Waals surface area (Å²) in [6, 6.07) is 11.6. The van der Waals surface area contributed by atoms with E-state index in [9.17, 15) is 24.3 Å². The molecule has 1 amide bonds. The number of esters is 1. The zero-order chi connectivity index (χ0) is 33.8. The number of hydrogen-bond donors (Lipinski definition) is 3. The predicted molar refractivity (Wildman–Crippen MR) is 171 cm³/mol. The van der Waals surface area contributed by atoms with Crippen LogP contribution in [0.2, 0.25) is 5.02 Å². The maximum Gasteiger partial charge on any atom is 0.358 e. The Labute approximate surface area is 273 Å². The molecule has 2 atom stereocenters. The minimum atomic E-state index is -1.44. The van der Waals surface area contributed by atoms with Crippen molar-refractivity contribution < 1.29 is 43.2 Å². The average molecular weight is 666 g/mol. The fourth-order valence-electron chi connectivity index (χ4n) is 5.15. The Balaban J connectivity index is 1.39. The summed E-state index contributed by atoms with van der Waals surface area (Å²) < 4.78 is 27.4. The molecule has 0 aliphatic carbocycles. The van der Waals surface area contributed by atoms with E-state index >= 15 is 0 Å². The molecule has 4 aromatic rings. The number of carbonyl (C=O) groups is 3. The number of rotatable bonds is 12. The third kappa shape index (κ3) is 7.32. The predicted octanol–water partition coefficient (Wildman–Crippen LogP) is 4.79. The monoisotopic (exact) mass is 665 g/mol. The van der Waals surface area contributed by atoms with Crippen molar-refractivity contribution >= 4 is 45.9 Å². The number of carbonyl (C=O) groups excluding carboxylic acids is 3. The molecule has 5 rings (SSSR count). The standard InChI is InChI=1S/C33H32ClN3O10/c1-17(38)22-7-5-20(34)13-23(22)24-14-30(39)37(15-28(24)44-4)27(9-10-43-3)31(40)35-21-6-8-25-19(11-21)12-26(36-25)32(41)45-16-29-18(2)46-33(42)47-29/h5-8,11-15,27,33,36,42H,9-10,16H2,1-4H3,(H,35,40)/t27-,33?/m1/s1. The molecule has 0 fully saturated rings. The molecule has 0 spiro atoms. The number of hydrogen-bond acceptors (Lipinski definition) is 10. The number of pyridine rings is 1. The van der Waals surface area contributed by atoms with Crippen LogP contribution in [0.4, 0.5) is 5.69 Å². The number of allylic oxidation sites excluding steroid dienone is 1. The first-order valence-electron chi connectivity index (χ1n) is 14.4. The van der Waals surface area contributed by atoms with Crippen molar-refractivity contribution in [2.75, 3.05) is 32.8 Å². The van der Waals surface area contributed by atoms with Crippen molar-refractivity contribution in [1.29, 1.82) is 0 Å². The van der Waals surface area contributed by atoms with Gasteiger partial charge in [0.25, 0.3) is 5.56 Å². The fourth-order valence-corrected chi connectivity index (χ4v) is 5.33. The second-order valence-corrected chi connectivity index (χ2v) is 11.1. The molecule has 3 heterocycles. The van der Waals surface area contributed by atoms with E-state index in [1.54, 1.807) is 49.4 Å². The molecule has 0 bridgehead atoms. The Bertz CT molecular complexity index is 1950. The third-order valence-electron chi connectivity index (χ3n) is 7.50. The van der Waals surface area contributed by atoms with E-state index in [2.05, 4.69) is 10.3 Å². The van der Waals surface area contributed by atoms with Gasteiger partial charge in [0, 0.05) is 58.9 Å². The molecule has 2 aromatic carbocycles. The second-order valence-electron chi connectivity index (χ2n) is 10.6. The zero-order valence-electron chi connectivity index (χ0n) is 25.9. The number of H-pyrrole nitrogens is 1. The highest BCUT2D eigenvalue weighted by atomic mass is 35.5. The molecule has 47 heavy (non-hydrogen) atoms. The molecule has 13 nitrogen and oxygen atoms in total. The van der Waals surface area contributed by atoms with Gasteiger partial charge in [-0.25, -0.2) is 4.79 Å². The van der Waals surface area contributed by atoms with Crippen molar-refractivity contribution in [1.82, 2.24) is 9.55 Å². The van der Waals surface area contributed by atoms with Crippen LogP contribution in [-0.2, 0) is 23.7 Å². The van der Waals surface area contributed by atoms with E-state index in [4.69, 9.17) is 35.3 Å². The Morgan fingerprint density at radius 3 is 2.55 bits per heavy atom. The van der Waals surface area contributed by atoms with E-state index in [1.807, 2.05) is 0 Å². The first-order valence-corrected chi connectivity index (χ1v) is 14.8. The largest absolute Gasteiger partial charge is 0.495 e. The van der Waals surface area contributed by atoms with Gasteiger partial charge >= 0.3 is 12.4 Å². The van der Waals surface area contributed by atoms with Gasteiger partial charge in [0.15, 0.2) is 18.1 Å². The van der Waals surface area contributed by atoms with Crippen LogP contribution in [0, 0.1) is 0 Å². The zero-order valence-corrected chi connectivity index (χ0v) is 26.7. The summed E-state index contributed by atoms with van der Waals surface area (Å²) in [7, 11) is 2.91. The maximum absolute atomic E-state index is 13.7. The van der Waals surface area contributed by atoms with Crippen LogP contribution < -0.4 is 15.6 Å². The number of fused-ring (bicyclic) bond motifs is 1. The lowest BCUT2D eigenvalue weighted by Gasteiger charge is -2.21. The molecule has 0 saturated heterocycles. The van der Waals surface area contributed by atoms with Crippen LogP contribution in [0.15, 0.2) is 71.0 Å². The number of anilines is 1. The van der Waals surface area contributed by atoms with Crippen LogP contribution in [0.25, 0.3) is 22.0 Å². The van der Waals surface area contributed by atoms with Gasteiger partial charge in [-0.3, -0.25) is 19.0 Å². The molecule has 246 valence electrons. The number of Topliss-reactive ketones (excluding diaryl/α,β-unsaturated/α-hetero) is 1. The number of halogens is 1. The van der Waals surface area contributed by atoms with Crippen molar-refractivity contribution in [2.45, 2.75) is 32.8 Å². The van der Waals surface area contributed by atoms with Crippen molar-refractivity contribution in [3.8, 4) is 16.9 Å². The lowest BCUT2D eigenvalue weighted by Crippen LogP contribution is -2.34. The quantitative estimate of drug-likeness (QED) is 0.141. The second kappa shape index (κ2) is 14.1. The van der Waals surface area contributed by atoms with Crippen LogP contribution in [0.1, 0.15) is 47.2 Å². The highest BCUT2D eigenvalue weighted by Gasteiger charge is 2.26. The number of aliphatic hydroxyl groups excluding tert-OH is 1. The Morgan fingerprint density at radius 1 is 1.09 bits per heavy atom. The fraction of sp³-hybridized carbons (Fsp3) is 0.273. The van der Waals surface area contributed by atoms with E-state index in [0.717, 1.165) is 0 Å². The van der Waals surface area contributed by atoms with Crippen molar-refractivity contribution in [3.05, 3.63) is 92.9 Å². The smallest absolute Gasteiger partial charge is 0.358 e. The first-order chi connectivity index (χ1) is 22.5. The molecule has 0 saturated carbocycles. The van der Waals surface area contributed by atoms with E-state index in [-0.39, 0.29) is 42.6 Å². The number of nitrogens with zero attached hydrogens (tertiary/aromatic N) is 1. The summed E-state index contributed by atoms with van der Waals surface area (Å²) in [6.45, 7) is 1.49. The Morgan fingerprint density at radius 2 is 1.87 bits per heavy atom. The summed E-state index contributed by atoms with van der Waals surface area (Å²) in [5.74, 6) is -0.608. The summed E-state index contributed by atoms with van der Waals surface area (Å²) in [5.41, 5.74) is 1.82. The highest BCUT2D eigenvalue weighted by molar-refractivity contribution is 6.31. The van der Waals surface area contributed by atoms with E-state index < -0.39 is 30.0 Å². The third-order valence-corrected chi connectivity index (χ3v) is 7.74. The van der Waals surface area contributed by atoms with Gasteiger partial charge in [-0.05, 0) is 61.9 Å². The molecule has 3 N–H and O–H groups in total. The van der Waals surface area contributed by atoms with E-state index in [1.165, 1.54) is 38.0 Å². The van der Waals surface area contributed by atoms with Gasteiger partial charge in [-0.2, -0.15) is 0 Å². The molecule has 1 aliphatic heterocycles. The summed E-state index contributed by atoms with van der Waals surface area (Å²) in [4.78, 5) is 55.1. The van der Waals surface area contributed by atoms with Crippen molar-refractivity contribution in [2.24, 2.45) is 0 Å². The number of benzene rings is 2. The Kier molecular flexibility index (Phi) is 9.99. The first kappa shape index (κ1) is 33.3. The maximum atomic E-state index is 13.7. The number of methoxy groups -OCH3 is 2. The minimum Gasteiger partial charge on any atom is -0.495 e. The van der Waals surface area contributed by atoms with Crippen molar-refractivity contribution in [3.63, 3.8) is 0 Å². The number of aromatic amines is 1. The molecule has 1 aliphatic rings. The number of ether oxygens (including phenoxy) is 5.